The fraction of sp³-hybridized carbons (Fsp3) is 0.133. The maximum Gasteiger partial charge on any atom is 0.387 e. The summed E-state index contributed by atoms with van der Waals surface area (Å²) in [7, 11) is 0. The van der Waals surface area contributed by atoms with Crippen molar-refractivity contribution in [1.82, 2.24) is 0 Å². The number of hydrogen-bond donors (Lipinski definition) is 1. The molecule has 0 atom stereocenters. The first-order valence-corrected chi connectivity index (χ1v) is 6.04. The Morgan fingerprint density at radius 3 is 2.52 bits per heavy atom. The Labute approximate surface area is 128 Å². The second-order valence-corrected chi connectivity index (χ2v) is 4.19. The van der Waals surface area contributed by atoms with E-state index in [4.69, 9.17) is 0 Å². The number of aryl methyl sites for hydroxylation is 1. The predicted molar refractivity (Wildman–Crippen MR) is 82.7 cm³/mol. The van der Waals surface area contributed by atoms with Crippen LogP contribution in [0.4, 0.5) is 14.5 Å². The molecule has 0 radical (unpaired) electrons. The molecule has 0 aliphatic heterocycles. The third-order valence-electron chi connectivity index (χ3n) is 2.54. The first kappa shape index (κ1) is 16.9. The third kappa shape index (κ3) is 5.79. The number of halogens is 3. The quantitative estimate of drug-likeness (QED) is 0.653. The monoisotopic (exact) mass is 312 g/mol. The molecule has 2 rings (SSSR count). The van der Waals surface area contributed by atoms with Gasteiger partial charge in [0.2, 0.25) is 0 Å². The van der Waals surface area contributed by atoms with Gasteiger partial charge in [-0.3, -0.25) is 5.43 Å². The van der Waals surface area contributed by atoms with Gasteiger partial charge in [-0.15, -0.1) is 12.4 Å². The van der Waals surface area contributed by atoms with Crippen molar-refractivity contribution in [2.45, 2.75) is 13.5 Å². The molecule has 0 saturated carbocycles. The van der Waals surface area contributed by atoms with E-state index in [-0.39, 0.29) is 18.2 Å². The summed E-state index contributed by atoms with van der Waals surface area (Å²) in [5, 5.41) is 4.04. The molecule has 21 heavy (non-hydrogen) atoms. The maximum atomic E-state index is 12.1. The summed E-state index contributed by atoms with van der Waals surface area (Å²) >= 11 is 0. The van der Waals surface area contributed by atoms with E-state index in [1.54, 1.807) is 12.1 Å². The summed E-state index contributed by atoms with van der Waals surface area (Å²) in [6.45, 7) is -0.825. The minimum absolute atomic E-state index is 0. The van der Waals surface area contributed by atoms with Crippen molar-refractivity contribution < 1.29 is 13.5 Å². The number of anilines is 1. The number of alkyl halides is 2. The van der Waals surface area contributed by atoms with E-state index in [1.165, 1.54) is 18.3 Å². The third-order valence-corrected chi connectivity index (χ3v) is 2.54. The predicted octanol–water partition coefficient (Wildman–Crippen LogP) is 4.46. The van der Waals surface area contributed by atoms with Crippen LogP contribution in [0.3, 0.4) is 0 Å². The first-order valence-electron chi connectivity index (χ1n) is 6.04. The van der Waals surface area contributed by atoms with Gasteiger partial charge in [-0.25, -0.2) is 0 Å². The zero-order valence-corrected chi connectivity index (χ0v) is 12.1. The van der Waals surface area contributed by atoms with Gasteiger partial charge in [0.05, 0.1) is 11.9 Å². The SMILES string of the molecule is Cc1ccc(N/N=C/c2cccc(OC(F)F)c2)cc1.Cl. The van der Waals surface area contributed by atoms with E-state index in [2.05, 4.69) is 15.3 Å². The Hall–Kier alpha value is -2.14. The lowest BCUT2D eigenvalue weighted by molar-refractivity contribution is -0.0498. The number of nitrogens with zero attached hydrogens (tertiary/aromatic N) is 1. The summed E-state index contributed by atoms with van der Waals surface area (Å²) in [5.41, 5.74) is 5.55. The van der Waals surface area contributed by atoms with Crippen molar-refractivity contribution in [2.24, 2.45) is 5.10 Å². The number of hydrazone groups is 1. The molecular weight excluding hydrogens is 298 g/mol. The van der Waals surface area contributed by atoms with Crippen LogP contribution in [0, 0.1) is 6.92 Å². The van der Waals surface area contributed by atoms with Crippen LogP contribution in [0.25, 0.3) is 0 Å². The van der Waals surface area contributed by atoms with Crippen molar-refractivity contribution in [3.63, 3.8) is 0 Å². The van der Waals surface area contributed by atoms with Gasteiger partial charge >= 0.3 is 6.61 Å². The lowest BCUT2D eigenvalue weighted by atomic mass is 10.2. The van der Waals surface area contributed by atoms with E-state index >= 15 is 0 Å². The van der Waals surface area contributed by atoms with Crippen LogP contribution >= 0.6 is 12.4 Å². The highest BCUT2D eigenvalue weighted by Gasteiger charge is 2.03. The molecule has 0 bridgehead atoms. The highest BCUT2D eigenvalue weighted by molar-refractivity contribution is 5.85. The Morgan fingerprint density at radius 2 is 1.86 bits per heavy atom. The molecule has 0 aliphatic rings. The molecule has 2 aromatic rings. The number of benzene rings is 2. The fourth-order valence-corrected chi connectivity index (χ4v) is 1.58. The smallest absolute Gasteiger partial charge is 0.387 e. The van der Waals surface area contributed by atoms with Crippen LogP contribution in [0.1, 0.15) is 11.1 Å². The van der Waals surface area contributed by atoms with E-state index in [1.807, 2.05) is 31.2 Å². The molecule has 0 spiro atoms. The topological polar surface area (TPSA) is 33.6 Å². The minimum Gasteiger partial charge on any atom is -0.435 e. The molecule has 0 unspecified atom stereocenters. The van der Waals surface area contributed by atoms with Gasteiger partial charge in [-0.1, -0.05) is 29.8 Å². The normalized spacial score (nSPS) is 10.5. The van der Waals surface area contributed by atoms with Gasteiger partial charge < -0.3 is 4.74 Å². The zero-order chi connectivity index (χ0) is 14.4. The van der Waals surface area contributed by atoms with Crippen molar-refractivity contribution in [1.29, 1.82) is 0 Å². The standard InChI is InChI=1S/C15H14F2N2O.ClH/c1-11-5-7-13(8-6-11)19-18-10-12-3-2-4-14(9-12)20-15(16)17;/h2-10,15,19H,1H3;1H/b18-10+;. The van der Waals surface area contributed by atoms with Gasteiger partial charge in [0.1, 0.15) is 5.75 Å². The molecular formula is C15H15ClF2N2O. The van der Waals surface area contributed by atoms with Crippen molar-refractivity contribution in [3.05, 3.63) is 59.7 Å². The highest BCUT2D eigenvalue weighted by Crippen LogP contribution is 2.15. The average Bonchev–Trinajstić information content (AvgIpc) is 2.41. The Bertz CT molecular complexity index is 588. The van der Waals surface area contributed by atoms with Crippen LogP contribution in [0.15, 0.2) is 53.6 Å². The Morgan fingerprint density at radius 1 is 1.14 bits per heavy atom. The van der Waals surface area contributed by atoms with Crippen LogP contribution in [0.5, 0.6) is 5.75 Å². The van der Waals surface area contributed by atoms with Crippen molar-refractivity contribution >= 4 is 24.3 Å². The van der Waals surface area contributed by atoms with Crippen LogP contribution in [-0.4, -0.2) is 12.8 Å². The Kier molecular flexibility index (Phi) is 6.62. The van der Waals surface area contributed by atoms with Crippen molar-refractivity contribution in [3.8, 4) is 5.75 Å². The molecule has 2 aromatic carbocycles. The molecule has 0 saturated heterocycles. The average molecular weight is 313 g/mol. The van der Waals surface area contributed by atoms with Gasteiger partial charge in [0.15, 0.2) is 0 Å². The van der Waals surface area contributed by atoms with Crippen LogP contribution < -0.4 is 10.2 Å². The molecule has 6 heteroatoms. The first-order chi connectivity index (χ1) is 9.63. The Balaban J connectivity index is 0.00000220. The number of hydrogen-bond acceptors (Lipinski definition) is 3. The zero-order valence-electron chi connectivity index (χ0n) is 11.3. The van der Waals surface area contributed by atoms with E-state index in [0.717, 1.165) is 11.3 Å². The molecule has 1 N–H and O–H groups in total. The summed E-state index contributed by atoms with van der Waals surface area (Å²) in [4.78, 5) is 0. The van der Waals surface area contributed by atoms with Crippen molar-refractivity contribution in [2.75, 3.05) is 5.43 Å². The number of rotatable bonds is 5. The molecule has 3 nitrogen and oxygen atoms in total. The molecule has 0 aliphatic carbocycles. The molecule has 112 valence electrons. The molecule has 0 aromatic heterocycles. The molecule has 0 amide bonds. The molecule has 0 heterocycles. The lowest BCUT2D eigenvalue weighted by Gasteiger charge is -2.04. The van der Waals surface area contributed by atoms with E-state index in [9.17, 15) is 8.78 Å². The largest absolute Gasteiger partial charge is 0.435 e. The lowest BCUT2D eigenvalue weighted by Crippen LogP contribution is -2.02. The molecule has 0 fully saturated rings. The van der Waals surface area contributed by atoms with Gasteiger partial charge in [-0.2, -0.15) is 13.9 Å². The number of ether oxygens (including phenoxy) is 1. The summed E-state index contributed by atoms with van der Waals surface area (Å²) in [6.07, 6.45) is 1.54. The number of nitrogens with one attached hydrogen (secondary N) is 1. The second kappa shape index (κ2) is 8.21. The fourth-order valence-electron chi connectivity index (χ4n) is 1.58. The van der Waals surface area contributed by atoms with Gasteiger partial charge in [0, 0.05) is 0 Å². The minimum atomic E-state index is -2.83. The summed E-state index contributed by atoms with van der Waals surface area (Å²) in [5.74, 6) is 0.110. The summed E-state index contributed by atoms with van der Waals surface area (Å²) < 4.78 is 28.5. The van der Waals surface area contributed by atoms with E-state index < -0.39 is 6.61 Å². The summed E-state index contributed by atoms with van der Waals surface area (Å²) in [6, 6.07) is 14.1. The van der Waals surface area contributed by atoms with Crippen LogP contribution in [0.2, 0.25) is 0 Å². The van der Waals surface area contributed by atoms with Gasteiger partial charge in [-0.05, 0) is 36.8 Å². The van der Waals surface area contributed by atoms with Crippen LogP contribution in [-0.2, 0) is 0 Å². The second-order valence-electron chi connectivity index (χ2n) is 4.19. The van der Waals surface area contributed by atoms with Gasteiger partial charge in [0.25, 0.3) is 0 Å². The van der Waals surface area contributed by atoms with E-state index in [0.29, 0.717) is 5.56 Å². The maximum absolute atomic E-state index is 12.1. The highest BCUT2D eigenvalue weighted by atomic mass is 35.5.